The molecule has 1 N–H and O–H groups in total. The van der Waals surface area contributed by atoms with Gasteiger partial charge in [0.05, 0.1) is 0 Å². The Bertz CT molecular complexity index is 1030. The van der Waals surface area contributed by atoms with Gasteiger partial charge in [-0.2, -0.15) is 5.26 Å². The average molecular weight is 422 g/mol. The number of ether oxygens (including phenoxy) is 1. The molecule has 0 aliphatic rings. The third kappa shape index (κ3) is 6.58. The zero-order valence-corrected chi connectivity index (χ0v) is 19.2. The van der Waals surface area contributed by atoms with E-state index < -0.39 is 18.0 Å². The van der Waals surface area contributed by atoms with E-state index in [1.54, 1.807) is 6.07 Å². The zero-order valence-electron chi connectivity index (χ0n) is 19.2. The van der Waals surface area contributed by atoms with E-state index in [1.165, 1.54) is 13.0 Å². The summed E-state index contributed by atoms with van der Waals surface area (Å²) in [6, 6.07) is 11.2. The predicted molar refractivity (Wildman–Crippen MR) is 122 cm³/mol. The summed E-state index contributed by atoms with van der Waals surface area (Å²) >= 11 is 0. The van der Waals surface area contributed by atoms with Crippen LogP contribution in [0.3, 0.4) is 0 Å². The van der Waals surface area contributed by atoms with Gasteiger partial charge in [0.25, 0.3) is 5.91 Å². The summed E-state index contributed by atoms with van der Waals surface area (Å²) in [5.41, 5.74) is 4.34. The molecule has 1 aromatic carbocycles. The smallest absolute Gasteiger partial charge is 0.349 e. The summed E-state index contributed by atoms with van der Waals surface area (Å²) in [5, 5.41) is 12.2. The first-order valence-corrected chi connectivity index (χ1v) is 10.5. The van der Waals surface area contributed by atoms with Gasteiger partial charge in [-0.3, -0.25) is 4.79 Å². The highest BCUT2D eigenvalue weighted by Gasteiger charge is 2.21. The molecule has 0 saturated carbocycles. The Labute approximate surface area is 184 Å². The highest BCUT2D eigenvalue weighted by Crippen LogP contribution is 2.20. The Hall–Kier alpha value is -3.33. The summed E-state index contributed by atoms with van der Waals surface area (Å²) in [4.78, 5) is 24.9. The quantitative estimate of drug-likeness (QED) is 0.372. The lowest BCUT2D eigenvalue weighted by atomic mass is 10.1. The fourth-order valence-electron chi connectivity index (χ4n) is 3.24. The number of benzene rings is 1. The highest BCUT2D eigenvalue weighted by molar-refractivity contribution is 6.01. The van der Waals surface area contributed by atoms with E-state index in [2.05, 4.69) is 23.7 Å². The van der Waals surface area contributed by atoms with E-state index >= 15 is 0 Å². The molecule has 1 amide bonds. The highest BCUT2D eigenvalue weighted by atomic mass is 16.5. The number of aryl methyl sites for hydroxylation is 2. The van der Waals surface area contributed by atoms with Gasteiger partial charge >= 0.3 is 5.97 Å². The molecule has 0 aliphatic carbocycles. The van der Waals surface area contributed by atoms with Gasteiger partial charge in [0.2, 0.25) is 0 Å². The molecule has 164 valence electrons. The largest absolute Gasteiger partial charge is 0.448 e. The second-order valence-electron chi connectivity index (χ2n) is 8.24. The second-order valence-corrected chi connectivity index (χ2v) is 8.24. The molecule has 2 rings (SSSR count). The van der Waals surface area contributed by atoms with Crippen LogP contribution in [0.1, 0.15) is 49.7 Å². The maximum Gasteiger partial charge on any atom is 0.349 e. The molecule has 0 fully saturated rings. The molecule has 1 heterocycles. The van der Waals surface area contributed by atoms with Crippen molar-refractivity contribution >= 4 is 23.6 Å². The number of carbonyl (C=O) groups is 2. The van der Waals surface area contributed by atoms with Gasteiger partial charge in [-0.1, -0.05) is 26.0 Å². The molecule has 0 spiro atoms. The normalized spacial score (nSPS) is 12.4. The van der Waals surface area contributed by atoms with Crippen molar-refractivity contribution in [1.82, 2.24) is 4.57 Å². The summed E-state index contributed by atoms with van der Waals surface area (Å²) in [6.45, 7) is 12.6. The number of rotatable bonds is 8. The number of nitrogens with zero attached hydrogens (tertiary/aromatic N) is 2. The molecule has 31 heavy (non-hydrogen) atoms. The van der Waals surface area contributed by atoms with Gasteiger partial charge in [-0.15, -0.1) is 0 Å². The fraction of sp³-hybridized carbons (Fsp3) is 0.400. The first kappa shape index (κ1) is 23.9. The second kappa shape index (κ2) is 10.6. The van der Waals surface area contributed by atoms with Crippen molar-refractivity contribution < 1.29 is 14.3 Å². The molecular weight excluding hydrogens is 390 g/mol. The molecule has 6 nitrogen and oxygen atoms in total. The number of nitrogens with one attached hydrogen (secondary N) is 1. The summed E-state index contributed by atoms with van der Waals surface area (Å²) in [5.74, 6) is -0.693. The maximum absolute atomic E-state index is 12.5. The molecule has 2 aromatic rings. The zero-order chi connectivity index (χ0) is 23.1. The van der Waals surface area contributed by atoms with Crippen molar-refractivity contribution in [2.24, 2.45) is 5.92 Å². The van der Waals surface area contributed by atoms with Crippen molar-refractivity contribution in [2.45, 2.75) is 60.6 Å². The van der Waals surface area contributed by atoms with Crippen LogP contribution in [0.25, 0.3) is 6.08 Å². The number of hydrogen-bond acceptors (Lipinski definition) is 4. The van der Waals surface area contributed by atoms with Crippen LogP contribution in [0.15, 0.2) is 35.9 Å². The predicted octanol–water partition coefficient (Wildman–Crippen LogP) is 4.94. The number of carbonyl (C=O) groups excluding carboxylic acids is 2. The van der Waals surface area contributed by atoms with Crippen molar-refractivity contribution in [2.75, 3.05) is 5.32 Å². The van der Waals surface area contributed by atoms with Gasteiger partial charge in [0.15, 0.2) is 6.10 Å². The Kier molecular flexibility index (Phi) is 8.21. The van der Waals surface area contributed by atoms with Crippen LogP contribution in [0.2, 0.25) is 0 Å². The molecule has 1 atom stereocenters. The maximum atomic E-state index is 12.5. The van der Waals surface area contributed by atoms with Crippen LogP contribution in [0.4, 0.5) is 5.69 Å². The van der Waals surface area contributed by atoms with Gasteiger partial charge in [0, 0.05) is 23.6 Å². The molecule has 0 unspecified atom stereocenters. The summed E-state index contributed by atoms with van der Waals surface area (Å²) in [6.07, 6.45) is 1.53. The lowest BCUT2D eigenvalue weighted by Gasteiger charge is -2.13. The van der Waals surface area contributed by atoms with Crippen molar-refractivity contribution in [3.63, 3.8) is 0 Å². The minimum Gasteiger partial charge on any atom is -0.448 e. The number of anilines is 1. The molecule has 6 heteroatoms. The molecular formula is C25H31N3O3. The molecule has 0 saturated heterocycles. The van der Waals surface area contributed by atoms with E-state index in [0.717, 1.165) is 35.5 Å². The third-order valence-corrected chi connectivity index (χ3v) is 5.12. The Morgan fingerprint density at radius 1 is 1.19 bits per heavy atom. The third-order valence-electron chi connectivity index (χ3n) is 5.12. The number of amides is 1. The van der Waals surface area contributed by atoms with Gasteiger partial charge in [-0.05, 0) is 75.4 Å². The van der Waals surface area contributed by atoms with E-state index in [0.29, 0.717) is 11.6 Å². The standard InChI is InChI=1S/C25H31N3O3/c1-16(2)10-11-28-18(4)13-21(19(28)5)14-22(15-26)25(30)31-20(6)24(29)27-23-9-7-8-17(3)12-23/h7-9,12-14,16,20H,10-11H2,1-6H3,(H,27,29)/b22-14+/t20-/m0/s1. The van der Waals surface area contributed by atoms with Crippen LogP contribution in [-0.4, -0.2) is 22.5 Å². The lowest BCUT2D eigenvalue weighted by molar-refractivity contribution is -0.148. The van der Waals surface area contributed by atoms with E-state index in [9.17, 15) is 14.9 Å². The molecule has 0 bridgehead atoms. The number of hydrogen-bond donors (Lipinski definition) is 1. The van der Waals surface area contributed by atoms with Crippen LogP contribution in [0.5, 0.6) is 0 Å². The first-order chi connectivity index (χ1) is 14.6. The van der Waals surface area contributed by atoms with Crippen molar-refractivity contribution in [3.8, 4) is 6.07 Å². The monoisotopic (exact) mass is 421 g/mol. The SMILES string of the molecule is Cc1cccc(NC(=O)[C@H](C)OC(=O)/C(C#N)=C/c2cc(C)n(CCC(C)C)c2C)c1. The van der Waals surface area contributed by atoms with Crippen LogP contribution >= 0.6 is 0 Å². The van der Waals surface area contributed by atoms with Gasteiger partial charge in [0.1, 0.15) is 11.6 Å². The van der Waals surface area contributed by atoms with E-state index in [4.69, 9.17) is 4.74 Å². The van der Waals surface area contributed by atoms with Crippen molar-refractivity contribution in [3.05, 3.63) is 58.4 Å². The fourth-order valence-corrected chi connectivity index (χ4v) is 3.24. The molecule has 0 aliphatic heterocycles. The van der Waals surface area contributed by atoms with E-state index in [1.807, 2.05) is 51.1 Å². The van der Waals surface area contributed by atoms with Crippen molar-refractivity contribution in [1.29, 1.82) is 5.26 Å². The number of esters is 1. The first-order valence-electron chi connectivity index (χ1n) is 10.5. The van der Waals surface area contributed by atoms with Crippen LogP contribution < -0.4 is 5.32 Å². The Morgan fingerprint density at radius 3 is 2.52 bits per heavy atom. The lowest BCUT2D eigenvalue weighted by Crippen LogP contribution is -2.30. The molecule has 0 radical (unpaired) electrons. The molecule has 1 aromatic heterocycles. The van der Waals surface area contributed by atoms with Gasteiger partial charge in [-0.25, -0.2) is 4.79 Å². The number of nitriles is 1. The summed E-state index contributed by atoms with van der Waals surface area (Å²) < 4.78 is 7.43. The average Bonchev–Trinajstić information content (AvgIpc) is 2.96. The Morgan fingerprint density at radius 2 is 1.90 bits per heavy atom. The number of aromatic nitrogens is 1. The minimum absolute atomic E-state index is 0.140. The van der Waals surface area contributed by atoms with Gasteiger partial charge < -0.3 is 14.6 Å². The van der Waals surface area contributed by atoms with E-state index in [-0.39, 0.29) is 5.57 Å². The minimum atomic E-state index is -1.04. The van der Waals surface area contributed by atoms with Crippen LogP contribution in [0, 0.1) is 38.0 Å². The van der Waals surface area contributed by atoms with Crippen LogP contribution in [-0.2, 0) is 20.9 Å². The topological polar surface area (TPSA) is 84.1 Å². The summed E-state index contributed by atoms with van der Waals surface area (Å²) in [7, 11) is 0. The Balaban J connectivity index is 2.11.